The standard InChI is InChI=1S/C19H20ClNO4S/c1-13(2)12-25-19(22)15-7-8-16(20)18(11-15)26(23,24)21-10-9-14-5-3-4-6-17(14)21/h3-8,11,13H,9-10,12H2,1-2H3. The predicted octanol–water partition coefficient (Wildman–Crippen LogP) is 3.90. The third-order valence-electron chi connectivity index (χ3n) is 4.13. The van der Waals surface area contributed by atoms with Gasteiger partial charge in [0.2, 0.25) is 0 Å². The molecule has 138 valence electrons. The summed E-state index contributed by atoms with van der Waals surface area (Å²) in [5.41, 5.74) is 1.79. The normalized spacial score (nSPS) is 13.8. The van der Waals surface area contributed by atoms with E-state index in [9.17, 15) is 13.2 Å². The Bertz CT molecular complexity index is 940. The molecule has 0 atom stereocenters. The quantitative estimate of drug-likeness (QED) is 0.722. The molecule has 0 radical (unpaired) electrons. The summed E-state index contributed by atoms with van der Waals surface area (Å²) in [5, 5.41) is 0.0785. The van der Waals surface area contributed by atoms with E-state index in [0.29, 0.717) is 18.7 Å². The lowest BCUT2D eigenvalue weighted by molar-refractivity contribution is 0.0458. The number of carbonyl (C=O) groups excluding carboxylic acids is 1. The van der Waals surface area contributed by atoms with E-state index < -0.39 is 16.0 Å². The van der Waals surface area contributed by atoms with Crippen LogP contribution in [0.25, 0.3) is 0 Å². The molecule has 0 spiro atoms. The Hall–Kier alpha value is -2.05. The van der Waals surface area contributed by atoms with Gasteiger partial charge in [-0.15, -0.1) is 0 Å². The highest BCUT2D eigenvalue weighted by molar-refractivity contribution is 7.93. The Morgan fingerprint density at radius 1 is 1.23 bits per heavy atom. The fourth-order valence-electron chi connectivity index (χ4n) is 2.83. The zero-order valence-electron chi connectivity index (χ0n) is 14.6. The fourth-order valence-corrected chi connectivity index (χ4v) is 4.84. The number of ether oxygens (including phenoxy) is 1. The van der Waals surface area contributed by atoms with Gasteiger partial charge in [-0.3, -0.25) is 4.31 Å². The number of hydrogen-bond donors (Lipinski definition) is 0. The molecule has 0 amide bonds. The molecular weight excluding hydrogens is 374 g/mol. The third kappa shape index (κ3) is 3.57. The van der Waals surface area contributed by atoms with Crippen LogP contribution in [0.2, 0.25) is 5.02 Å². The number of fused-ring (bicyclic) bond motifs is 1. The number of esters is 1. The Balaban J connectivity index is 1.96. The van der Waals surface area contributed by atoms with Crippen molar-refractivity contribution in [3.8, 4) is 0 Å². The van der Waals surface area contributed by atoms with Gasteiger partial charge in [0.15, 0.2) is 0 Å². The molecule has 2 aromatic carbocycles. The summed E-state index contributed by atoms with van der Waals surface area (Å²) in [5.74, 6) is -0.371. The van der Waals surface area contributed by atoms with Gasteiger partial charge in [-0.25, -0.2) is 13.2 Å². The first kappa shape index (κ1) is 18.7. The molecule has 2 aromatic rings. The SMILES string of the molecule is CC(C)COC(=O)c1ccc(Cl)c(S(=O)(=O)N2CCc3ccccc32)c1. The molecular formula is C19H20ClNO4S. The number of sulfonamides is 1. The highest BCUT2D eigenvalue weighted by Crippen LogP contribution is 2.35. The van der Waals surface area contributed by atoms with E-state index in [4.69, 9.17) is 16.3 Å². The first-order valence-corrected chi connectivity index (χ1v) is 10.2. The monoisotopic (exact) mass is 393 g/mol. The number of hydrogen-bond acceptors (Lipinski definition) is 4. The number of benzene rings is 2. The van der Waals surface area contributed by atoms with Crippen LogP contribution in [0, 0.1) is 5.92 Å². The fraction of sp³-hybridized carbons (Fsp3) is 0.316. The zero-order valence-corrected chi connectivity index (χ0v) is 16.2. The van der Waals surface area contributed by atoms with Crippen LogP contribution in [0.5, 0.6) is 0 Å². The molecule has 0 fully saturated rings. The molecule has 0 aromatic heterocycles. The molecule has 7 heteroatoms. The summed E-state index contributed by atoms with van der Waals surface area (Å²) in [7, 11) is -3.88. The Morgan fingerprint density at radius 2 is 1.96 bits per heavy atom. The Labute approximate surface area is 158 Å². The second-order valence-corrected chi connectivity index (χ2v) is 8.83. The minimum absolute atomic E-state index is 0.0785. The van der Waals surface area contributed by atoms with Crippen LogP contribution in [0.15, 0.2) is 47.4 Å². The molecule has 0 unspecified atom stereocenters. The molecule has 0 saturated heterocycles. The van der Waals surface area contributed by atoms with Crippen molar-refractivity contribution in [2.24, 2.45) is 5.92 Å². The van der Waals surface area contributed by atoms with Crippen molar-refractivity contribution in [1.82, 2.24) is 0 Å². The lowest BCUT2D eigenvalue weighted by Crippen LogP contribution is -2.29. The van der Waals surface area contributed by atoms with Crippen molar-refractivity contribution in [3.05, 3.63) is 58.6 Å². The lowest BCUT2D eigenvalue weighted by Gasteiger charge is -2.20. The maximum absolute atomic E-state index is 13.1. The largest absolute Gasteiger partial charge is 0.462 e. The van der Waals surface area contributed by atoms with Crippen molar-refractivity contribution in [2.75, 3.05) is 17.5 Å². The molecule has 1 aliphatic heterocycles. The molecule has 0 saturated carbocycles. The zero-order chi connectivity index (χ0) is 18.9. The minimum Gasteiger partial charge on any atom is -0.462 e. The molecule has 1 aliphatic rings. The van der Waals surface area contributed by atoms with E-state index >= 15 is 0 Å². The van der Waals surface area contributed by atoms with Crippen molar-refractivity contribution in [1.29, 1.82) is 0 Å². The van der Waals surface area contributed by atoms with Gasteiger partial charge >= 0.3 is 5.97 Å². The van der Waals surface area contributed by atoms with E-state index in [1.165, 1.54) is 22.5 Å². The summed E-state index contributed by atoms with van der Waals surface area (Å²) >= 11 is 6.16. The van der Waals surface area contributed by atoms with Crippen LogP contribution in [0.3, 0.4) is 0 Å². The molecule has 5 nitrogen and oxygen atoms in total. The lowest BCUT2D eigenvalue weighted by atomic mass is 10.2. The van der Waals surface area contributed by atoms with E-state index in [0.717, 1.165) is 5.56 Å². The van der Waals surface area contributed by atoms with Crippen molar-refractivity contribution >= 4 is 33.3 Å². The number of nitrogens with zero attached hydrogens (tertiary/aromatic N) is 1. The van der Waals surface area contributed by atoms with E-state index in [2.05, 4.69) is 0 Å². The van der Waals surface area contributed by atoms with Crippen LogP contribution in [-0.2, 0) is 21.2 Å². The highest BCUT2D eigenvalue weighted by atomic mass is 35.5. The van der Waals surface area contributed by atoms with E-state index in [1.807, 2.05) is 26.0 Å². The van der Waals surface area contributed by atoms with Gasteiger partial charge in [0.05, 0.1) is 22.9 Å². The summed E-state index contributed by atoms with van der Waals surface area (Å²) in [4.78, 5) is 12.1. The topological polar surface area (TPSA) is 63.7 Å². The predicted molar refractivity (Wildman–Crippen MR) is 101 cm³/mol. The molecule has 0 aliphatic carbocycles. The van der Waals surface area contributed by atoms with Crippen LogP contribution < -0.4 is 4.31 Å². The highest BCUT2D eigenvalue weighted by Gasteiger charge is 2.32. The molecule has 0 N–H and O–H groups in total. The second kappa shape index (κ2) is 7.29. The summed E-state index contributed by atoms with van der Waals surface area (Å²) in [6, 6.07) is 11.5. The van der Waals surface area contributed by atoms with Gasteiger partial charge in [0, 0.05) is 6.54 Å². The smallest absolute Gasteiger partial charge is 0.338 e. The maximum Gasteiger partial charge on any atom is 0.338 e. The number of rotatable bonds is 5. The first-order valence-electron chi connectivity index (χ1n) is 8.38. The van der Waals surface area contributed by atoms with Crippen molar-refractivity contribution < 1.29 is 17.9 Å². The second-order valence-electron chi connectivity index (χ2n) is 6.59. The van der Waals surface area contributed by atoms with Crippen LogP contribution in [0.4, 0.5) is 5.69 Å². The van der Waals surface area contributed by atoms with Crippen LogP contribution in [-0.4, -0.2) is 27.5 Å². The number of halogens is 1. The average molecular weight is 394 g/mol. The molecule has 26 heavy (non-hydrogen) atoms. The number of anilines is 1. The Kier molecular flexibility index (Phi) is 5.25. The first-order chi connectivity index (χ1) is 12.3. The van der Waals surface area contributed by atoms with Crippen molar-refractivity contribution in [3.63, 3.8) is 0 Å². The van der Waals surface area contributed by atoms with Gasteiger partial charge < -0.3 is 4.74 Å². The minimum atomic E-state index is -3.88. The van der Waals surface area contributed by atoms with E-state index in [-0.39, 0.29) is 28.0 Å². The maximum atomic E-state index is 13.1. The van der Waals surface area contributed by atoms with Gasteiger partial charge in [-0.05, 0) is 42.2 Å². The van der Waals surface area contributed by atoms with Crippen LogP contribution >= 0.6 is 11.6 Å². The summed E-state index contributed by atoms with van der Waals surface area (Å²) in [6.45, 7) is 4.47. The Morgan fingerprint density at radius 3 is 2.69 bits per heavy atom. The number of para-hydroxylation sites is 1. The van der Waals surface area contributed by atoms with Gasteiger partial charge in [0.25, 0.3) is 10.0 Å². The number of carbonyl (C=O) groups is 1. The third-order valence-corrected chi connectivity index (χ3v) is 6.42. The summed E-state index contributed by atoms with van der Waals surface area (Å²) in [6.07, 6.45) is 0.642. The molecule has 3 rings (SSSR count). The van der Waals surface area contributed by atoms with Crippen LogP contribution in [0.1, 0.15) is 29.8 Å². The average Bonchev–Trinajstić information content (AvgIpc) is 3.04. The van der Waals surface area contributed by atoms with E-state index in [1.54, 1.807) is 12.1 Å². The van der Waals surface area contributed by atoms with Gasteiger partial charge in [-0.1, -0.05) is 43.6 Å². The van der Waals surface area contributed by atoms with Gasteiger partial charge in [-0.2, -0.15) is 0 Å². The molecule has 1 heterocycles. The van der Waals surface area contributed by atoms with Crippen molar-refractivity contribution in [2.45, 2.75) is 25.2 Å². The molecule has 0 bridgehead atoms. The summed E-state index contributed by atoms with van der Waals surface area (Å²) < 4.78 is 32.8. The van der Waals surface area contributed by atoms with Gasteiger partial charge in [0.1, 0.15) is 4.90 Å².